The van der Waals surface area contributed by atoms with Crippen LogP contribution in [-0.4, -0.2) is 79.3 Å². The van der Waals surface area contributed by atoms with Crippen molar-refractivity contribution < 1.29 is 32.5 Å². The Hall–Kier alpha value is -1.64. The number of rotatable bonds is 8. The molecule has 12 heteroatoms. The van der Waals surface area contributed by atoms with Crippen molar-refractivity contribution in [3.8, 4) is 0 Å². The number of aliphatic hydroxyl groups excluding tert-OH is 1. The van der Waals surface area contributed by atoms with Gasteiger partial charge in [-0.05, 0) is 24.4 Å². The van der Waals surface area contributed by atoms with E-state index in [1.807, 2.05) is 30.3 Å². The molecule has 0 unspecified atom stereocenters. The maximum absolute atomic E-state index is 13.6. The van der Waals surface area contributed by atoms with E-state index in [-0.39, 0.29) is 17.3 Å². The number of aromatic nitrogens is 2. The third-order valence-corrected chi connectivity index (χ3v) is 14.9. The Morgan fingerprint density at radius 3 is 2.39 bits per heavy atom. The Morgan fingerprint density at radius 2 is 1.82 bits per heavy atom. The van der Waals surface area contributed by atoms with Crippen LogP contribution in [0.5, 0.6) is 0 Å². The van der Waals surface area contributed by atoms with Crippen LogP contribution >= 0.6 is 0 Å². The average molecular weight is 568 g/mol. The fourth-order valence-corrected chi connectivity index (χ4v) is 8.33. The van der Waals surface area contributed by atoms with Gasteiger partial charge in [-0.3, -0.25) is 0 Å². The van der Waals surface area contributed by atoms with Crippen molar-refractivity contribution in [2.45, 2.75) is 95.9 Å². The number of imidazole rings is 1. The molecule has 1 N–H and O–H groups in total. The fourth-order valence-electron chi connectivity index (χ4n) is 4.59. The molecule has 2 aromatic rings. The normalized spacial score (nSPS) is 26.6. The van der Waals surface area contributed by atoms with Crippen molar-refractivity contribution in [2.75, 3.05) is 14.1 Å². The second-order valence-electron chi connectivity index (χ2n) is 12.2. The Bertz CT molecular complexity index is 1240. The van der Waals surface area contributed by atoms with E-state index < -0.39 is 54.8 Å². The molecule has 5 atom stereocenters. The zero-order valence-electron chi connectivity index (χ0n) is 23.7. The number of ether oxygens (including phenoxy) is 4. The van der Waals surface area contributed by atoms with Gasteiger partial charge in [0.15, 0.2) is 12.1 Å². The van der Waals surface area contributed by atoms with Crippen molar-refractivity contribution in [1.29, 1.82) is 0 Å². The first-order valence-electron chi connectivity index (χ1n) is 12.8. The Labute approximate surface area is 227 Å². The summed E-state index contributed by atoms with van der Waals surface area (Å²) in [6, 6.07) is 9.65. The summed E-state index contributed by atoms with van der Waals surface area (Å²) in [5.41, 5.74) is 1.53. The predicted molar refractivity (Wildman–Crippen MR) is 146 cm³/mol. The van der Waals surface area contributed by atoms with Crippen molar-refractivity contribution in [1.82, 2.24) is 13.3 Å². The molecule has 10 nitrogen and oxygen atoms in total. The van der Waals surface area contributed by atoms with Gasteiger partial charge in [-0.2, -0.15) is 12.7 Å². The molecule has 0 saturated carbocycles. The number of benzene rings is 1. The monoisotopic (exact) mass is 567 g/mol. The Balaban J connectivity index is 1.75. The van der Waals surface area contributed by atoms with Gasteiger partial charge < -0.3 is 24.1 Å². The summed E-state index contributed by atoms with van der Waals surface area (Å²) in [5.74, 6) is -0.884. The molecular formula is C26H41N3O7SSi. The topological polar surface area (TPSA) is 112 Å². The van der Waals surface area contributed by atoms with Gasteiger partial charge in [0.2, 0.25) is 0 Å². The molecule has 3 heterocycles. The lowest BCUT2D eigenvalue weighted by Gasteiger charge is -2.37. The van der Waals surface area contributed by atoms with E-state index >= 15 is 0 Å². The molecular weight excluding hydrogens is 526 g/mol. The third kappa shape index (κ3) is 5.25. The van der Waals surface area contributed by atoms with Gasteiger partial charge in [0.1, 0.15) is 37.9 Å². The number of hydrogen-bond donors (Lipinski definition) is 1. The third-order valence-electron chi connectivity index (χ3n) is 7.80. The van der Waals surface area contributed by atoms with E-state index in [0.717, 1.165) is 9.87 Å². The standard InChI is InChI=1S/C26H41N3O7SSi/c1-25(2,3)38(8,9)24-27-15-18(29(24)37(31,32)28(6)7)19(30)20-21(33-16-17-13-11-10-12-14-17)22-23(34-20)36-26(4,5)35-22/h10-15,19-23,30H,16H2,1-9H3/t19-,20-,21+,22-,23-/m1/s1. The summed E-state index contributed by atoms with van der Waals surface area (Å²) < 4.78 is 54.1. The lowest BCUT2D eigenvalue weighted by molar-refractivity contribution is -0.231. The van der Waals surface area contributed by atoms with Gasteiger partial charge in [0, 0.05) is 14.1 Å². The van der Waals surface area contributed by atoms with Crippen molar-refractivity contribution in [2.24, 2.45) is 0 Å². The van der Waals surface area contributed by atoms with E-state index in [1.165, 1.54) is 24.3 Å². The van der Waals surface area contributed by atoms with Gasteiger partial charge in [0.05, 0.1) is 18.5 Å². The van der Waals surface area contributed by atoms with E-state index in [9.17, 15) is 13.5 Å². The van der Waals surface area contributed by atoms with Crippen LogP contribution in [0.2, 0.25) is 18.1 Å². The smallest absolute Gasteiger partial charge is 0.308 e. The number of aliphatic hydroxyl groups is 1. The van der Waals surface area contributed by atoms with Crippen molar-refractivity contribution in [3.05, 3.63) is 47.8 Å². The predicted octanol–water partition coefficient (Wildman–Crippen LogP) is 2.75. The van der Waals surface area contributed by atoms with E-state index in [4.69, 9.17) is 18.9 Å². The molecule has 212 valence electrons. The number of nitrogens with zero attached hydrogens (tertiary/aromatic N) is 3. The molecule has 2 fully saturated rings. The van der Waals surface area contributed by atoms with Gasteiger partial charge in [0.25, 0.3) is 0 Å². The molecule has 0 aliphatic carbocycles. The van der Waals surface area contributed by atoms with Crippen LogP contribution in [0.1, 0.15) is 52.0 Å². The highest BCUT2D eigenvalue weighted by Crippen LogP contribution is 2.43. The van der Waals surface area contributed by atoms with Crippen molar-refractivity contribution >= 4 is 23.7 Å². The molecule has 2 aliphatic rings. The second-order valence-corrected chi connectivity index (χ2v) is 19.4. The molecule has 0 bridgehead atoms. The van der Waals surface area contributed by atoms with E-state index in [2.05, 4.69) is 38.8 Å². The minimum atomic E-state index is -4.02. The highest BCUT2D eigenvalue weighted by Gasteiger charge is 2.58. The summed E-state index contributed by atoms with van der Waals surface area (Å²) in [4.78, 5) is 4.61. The summed E-state index contributed by atoms with van der Waals surface area (Å²) in [6.45, 7) is 14.3. The fraction of sp³-hybridized carbons (Fsp3) is 0.654. The molecule has 1 aromatic carbocycles. The SMILES string of the molecule is CN(C)S(=O)(=O)n1c([C@@H](O)[C@H]2O[C@@H]3OC(C)(C)O[C@@H]3[C@H]2OCc2ccccc2)cnc1[Si](C)(C)C(C)(C)C. The zero-order valence-corrected chi connectivity index (χ0v) is 25.5. The Kier molecular flexibility index (Phi) is 7.78. The zero-order chi connectivity index (χ0) is 28.3. The largest absolute Gasteiger partial charge is 0.384 e. The average Bonchev–Trinajstić information content (AvgIpc) is 3.48. The number of hydrogen-bond acceptors (Lipinski definition) is 8. The van der Waals surface area contributed by atoms with Crippen LogP contribution in [0.25, 0.3) is 0 Å². The first-order chi connectivity index (χ1) is 17.5. The van der Waals surface area contributed by atoms with Gasteiger partial charge in [-0.25, -0.2) is 8.96 Å². The quantitative estimate of drug-likeness (QED) is 0.485. The molecule has 2 aliphatic heterocycles. The second kappa shape index (κ2) is 10.1. The van der Waals surface area contributed by atoms with Crippen LogP contribution in [0.15, 0.2) is 36.5 Å². The van der Waals surface area contributed by atoms with E-state index in [1.54, 1.807) is 13.8 Å². The summed E-state index contributed by atoms with van der Waals surface area (Å²) in [7, 11) is -3.54. The van der Waals surface area contributed by atoms with Gasteiger partial charge in [-0.1, -0.05) is 64.2 Å². The first kappa shape index (κ1) is 29.3. The Morgan fingerprint density at radius 1 is 1.18 bits per heavy atom. The maximum atomic E-state index is 13.6. The van der Waals surface area contributed by atoms with Crippen LogP contribution in [-0.2, 0) is 35.8 Å². The van der Waals surface area contributed by atoms with Crippen LogP contribution in [0.4, 0.5) is 0 Å². The van der Waals surface area contributed by atoms with Crippen LogP contribution < -0.4 is 5.45 Å². The summed E-state index contributed by atoms with van der Waals surface area (Å²) in [6.07, 6.45) is -2.98. The van der Waals surface area contributed by atoms with Gasteiger partial charge >= 0.3 is 10.2 Å². The van der Waals surface area contributed by atoms with Gasteiger partial charge in [-0.15, -0.1) is 0 Å². The molecule has 0 amide bonds. The maximum Gasteiger partial charge on any atom is 0.308 e. The highest BCUT2D eigenvalue weighted by atomic mass is 32.2. The summed E-state index contributed by atoms with van der Waals surface area (Å²) in [5, 5.41) is 11.5. The molecule has 38 heavy (non-hydrogen) atoms. The minimum Gasteiger partial charge on any atom is -0.384 e. The first-order valence-corrected chi connectivity index (χ1v) is 17.2. The van der Waals surface area contributed by atoms with Crippen molar-refractivity contribution in [3.63, 3.8) is 0 Å². The molecule has 2 saturated heterocycles. The molecule has 1 aromatic heterocycles. The molecule has 0 radical (unpaired) electrons. The number of fused-ring (bicyclic) bond motifs is 1. The molecule has 4 rings (SSSR count). The van der Waals surface area contributed by atoms with Crippen LogP contribution in [0, 0.1) is 0 Å². The minimum absolute atomic E-state index is 0.121. The summed E-state index contributed by atoms with van der Waals surface area (Å²) >= 11 is 0. The van der Waals surface area contributed by atoms with E-state index in [0.29, 0.717) is 5.45 Å². The van der Waals surface area contributed by atoms with Crippen LogP contribution in [0.3, 0.4) is 0 Å². The lowest BCUT2D eigenvalue weighted by atomic mass is 10.0. The highest BCUT2D eigenvalue weighted by molar-refractivity contribution is 7.87. The lowest BCUT2D eigenvalue weighted by Crippen LogP contribution is -2.56. The molecule has 0 spiro atoms.